The van der Waals surface area contributed by atoms with E-state index in [0.29, 0.717) is 5.39 Å². The van der Waals surface area contributed by atoms with Crippen LogP contribution in [0.15, 0.2) is 30.3 Å². The monoisotopic (exact) mass is 338 g/mol. The Labute approximate surface area is 136 Å². The zero-order valence-electron chi connectivity index (χ0n) is 12.5. The minimum Gasteiger partial charge on any atom is -0.507 e. The van der Waals surface area contributed by atoms with Crippen molar-refractivity contribution in [2.45, 2.75) is 30.7 Å². The summed E-state index contributed by atoms with van der Waals surface area (Å²) >= 11 is 0. The molecule has 0 spiro atoms. The van der Waals surface area contributed by atoms with Crippen molar-refractivity contribution in [3.63, 3.8) is 0 Å². The van der Waals surface area contributed by atoms with Crippen LogP contribution in [-0.4, -0.2) is 68.0 Å². The molecular weight excluding hydrogens is 320 g/mol. The van der Waals surface area contributed by atoms with Crippen molar-refractivity contribution >= 4 is 10.8 Å². The summed E-state index contributed by atoms with van der Waals surface area (Å²) in [4.78, 5) is 0. The highest BCUT2D eigenvalue weighted by molar-refractivity contribution is 5.97. The number of phenolic OH excluding ortho intramolecular Hbond substituents is 2. The van der Waals surface area contributed by atoms with Crippen LogP contribution in [0.3, 0.4) is 0 Å². The lowest BCUT2D eigenvalue weighted by Gasteiger charge is -2.39. The van der Waals surface area contributed by atoms with Crippen LogP contribution in [-0.2, 0) is 4.74 Å². The number of rotatable bonds is 3. The van der Waals surface area contributed by atoms with Crippen molar-refractivity contribution in [1.29, 1.82) is 0 Å². The van der Waals surface area contributed by atoms with Crippen LogP contribution in [0.2, 0.25) is 0 Å². The van der Waals surface area contributed by atoms with E-state index in [-0.39, 0.29) is 22.6 Å². The van der Waals surface area contributed by atoms with Crippen LogP contribution >= 0.6 is 0 Å². The van der Waals surface area contributed by atoms with E-state index >= 15 is 0 Å². The second-order valence-electron chi connectivity index (χ2n) is 5.60. The fourth-order valence-corrected chi connectivity index (χ4v) is 2.73. The SMILES string of the molecule is OCC1OC(Oc2ccc(O)c3cccc(O)c23)C(O)C(O)C1O. The van der Waals surface area contributed by atoms with Gasteiger partial charge in [0.1, 0.15) is 41.7 Å². The highest BCUT2D eigenvalue weighted by Gasteiger charge is 2.44. The first-order chi connectivity index (χ1) is 11.4. The molecule has 5 unspecified atom stereocenters. The molecule has 130 valence electrons. The van der Waals surface area contributed by atoms with Crippen LogP contribution in [0, 0.1) is 0 Å². The summed E-state index contributed by atoms with van der Waals surface area (Å²) in [6.45, 7) is -0.577. The lowest BCUT2D eigenvalue weighted by atomic mass is 9.99. The zero-order valence-corrected chi connectivity index (χ0v) is 12.5. The highest BCUT2D eigenvalue weighted by atomic mass is 16.7. The number of hydrogen-bond donors (Lipinski definition) is 6. The van der Waals surface area contributed by atoms with E-state index in [2.05, 4.69) is 0 Å². The molecule has 24 heavy (non-hydrogen) atoms. The molecule has 6 N–H and O–H groups in total. The minimum atomic E-state index is -1.57. The van der Waals surface area contributed by atoms with Gasteiger partial charge in [-0.15, -0.1) is 0 Å². The van der Waals surface area contributed by atoms with Gasteiger partial charge < -0.3 is 40.1 Å². The predicted molar refractivity (Wildman–Crippen MR) is 81.7 cm³/mol. The van der Waals surface area contributed by atoms with Gasteiger partial charge in [-0.05, 0) is 18.2 Å². The van der Waals surface area contributed by atoms with E-state index in [1.54, 1.807) is 12.1 Å². The number of aromatic hydroxyl groups is 2. The summed E-state index contributed by atoms with van der Waals surface area (Å²) in [7, 11) is 0. The fraction of sp³-hybridized carbons (Fsp3) is 0.375. The Morgan fingerprint density at radius 2 is 1.67 bits per heavy atom. The Morgan fingerprint density at radius 3 is 2.38 bits per heavy atom. The first-order valence-electron chi connectivity index (χ1n) is 7.35. The molecule has 2 aromatic rings. The molecule has 0 amide bonds. The molecule has 0 aromatic heterocycles. The Kier molecular flexibility index (Phi) is 4.48. The molecule has 1 aliphatic rings. The number of benzene rings is 2. The van der Waals surface area contributed by atoms with Gasteiger partial charge >= 0.3 is 0 Å². The third kappa shape index (κ3) is 2.74. The van der Waals surface area contributed by atoms with Gasteiger partial charge in [0.15, 0.2) is 0 Å². The van der Waals surface area contributed by atoms with Crippen LogP contribution < -0.4 is 4.74 Å². The van der Waals surface area contributed by atoms with Gasteiger partial charge in [0.25, 0.3) is 0 Å². The number of aliphatic hydroxyl groups excluding tert-OH is 4. The third-order valence-electron chi connectivity index (χ3n) is 4.05. The maximum Gasteiger partial charge on any atom is 0.229 e. The standard InChI is InChI=1S/C16H18O8/c17-6-11-13(20)14(21)15(22)16(24-11)23-10-5-4-8(18)7-2-1-3-9(19)12(7)10/h1-5,11,13-22H,6H2. The van der Waals surface area contributed by atoms with Gasteiger partial charge in [-0.25, -0.2) is 0 Å². The summed E-state index contributed by atoms with van der Waals surface area (Å²) in [5, 5.41) is 59.2. The lowest BCUT2D eigenvalue weighted by molar-refractivity contribution is -0.277. The van der Waals surface area contributed by atoms with Crippen molar-refractivity contribution in [3.8, 4) is 17.2 Å². The molecule has 1 saturated heterocycles. The van der Waals surface area contributed by atoms with Gasteiger partial charge in [0, 0.05) is 5.39 Å². The molecular formula is C16H18O8. The van der Waals surface area contributed by atoms with Crippen LogP contribution in [0.25, 0.3) is 10.8 Å². The Morgan fingerprint density at radius 1 is 0.917 bits per heavy atom. The van der Waals surface area contributed by atoms with Gasteiger partial charge in [-0.1, -0.05) is 12.1 Å². The summed E-state index contributed by atoms with van der Waals surface area (Å²) in [5.41, 5.74) is 0. The maximum atomic E-state index is 10.0. The van der Waals surface area contributed by atoms with E-state index in [4.69, 9.17) is 9.47 Å². The Balaban J connectivity index is 1.96. The summed E-state index contributed by atoms with van der Waals surface area (Å²) in [5.74, 6) is -0.115. The second-order valence-corrected chi connectivity index (χ2v) is 5.60. The summed E-state index contributed by atoms with van der Waals surface area (Å²) in [6.07, 6.45) is -7.12. The van der Waals surface area contributed by atoms with Gasteiger partial charge in [0.05, 0.1) is 12.0 Å². The summed E-state index contributed by atoms with van der Waals surface area (Å²) < 4.78 is 10.8. The molecule has 0 bridgehead atoms. The molecule has 1 aliphatic heterocycles. The van der Waals surface area contributed by atoms with E-state index in [0.717, 1.165) is 0 Å². The van der Waals surface area contributed by atoms with Crippen molar-refractivity contribution in [3.05, 3.63) is 30.3 Å². The molecule has 3 rings (SSSR count). The average Bonchev–Trinajstić information content (AvgIpc) is 2.58. The zero-order chi connectivity index (χ0) is 17.4. The number of ether oxygens (including phenoxy) is 2. The summed E-state index contributed by atoms with van der Waals surface area (Å²) in [6, 6.07) is 7.25. The van der Waals surface area contributed by atoms with Crippen LogP contribution in [0.1, 0.15) is 0 Å². The predicted octanol–water partition coefficient (Wildman–Crippen LogP) is -0.570. The van der Waals surface area contributed by atoms with Crippen LogP contribution in [0.4, 0.5) is 0 Å². The molecule has 8 heteroatoms. The van der Waals surface area contributed by atoms with Crippen molar-refractivity contribution in [2.24, 2.45) is 0 Å². The second kappa shape index (κ2) is 6.42. The van der Waals surface area contributed by atoms with E-state index < -0.39 is 37.3 Å². The van der Waals surface area contributed by atoms with Gasteiger partial charge in [0.2, 0.25) is 6.29 Å². The molecule has 0 radical (unpaired) electrons. The number of aliphatic hydroxyl groups is 4. The first-order valence-corrected chi connectivity index (χ1v) is 7.35. The quantitative estimate of drug-likeness (QED) is 0.437. The average molecular weight is 338 g/mol. The largest absolute Gasteiger partial charge is 0.507 e. The molecule has 8 nitrogen and oxygen atoms in total. The van der Waals surface area contributed by atoms with E-state index in [9.17, 15) is 30.6 Å². The molecule has 1 fully saturated rings. The minimum absolute atomic E-state index is 0.0675. The third-order valence-corrected chi connectivity index (χ3v) is 4.05. The molecule has 5 atom stereocenters. The number of phenols is 2. The van der Waals surface area contributed by atoms with Gasteiger partial charge in [-0.3, -0.25) is 0 Å². The smallest absolute Gasteiger partial charge is 0.229 e. The van der Waals surface area contributed by atoms with Crippen molar-refractivity contribution < 1.29 is 40.1 Å². The molecule has 0 saturated carbocycles. The van der Waals surface area contributed by atoms with Crippen molar-refractivity contribution in [1.82, 2.24) is 0 Å². The van der Waals surface area contributed by atoms with E-state index in [1.807, 2.05) is 0 Å². The number of fused-ring (bicyclic) bond motifs is 1. The lowest BCUT2D eigenvalue weighted by Crippen LogP contribution is -2.60. The van der Waals surface area contributed by atoms with E-state index in [1.165, 1.54) is 18.2 Å². The first kappa shape index (κ1) is 16.7. The van der Waals surface area contributed by atoms with Crippen molar-refractivity contribution in [2.75, 3.05) is 6.61 Å². The normalized spacial score (nSPS) is 30.4. The fourth-order valence-electron chi connectivity index (χ4n) is 2.73. The van der Waals surface area contributed by atoms with Gasteiger partial charge in [-0.2, -0.15) is 0 Å². The topological polar surface area (TPSA) is 140 Å². The Bertz CT molecular complexity index is 731. The Hall–Kier alpha value is -2.10. The molecule has 1 heterocycles. The molecule has 2 aromatic carbocycles. The van der Waals surface area contributed by atoms with Crippen LogP contribution in [0.5, 0.6) is 17.2 Å². The molecule has 0 aliphatic carbocycles. The maximum absolute atomic E-state index is 10.0. The number of hydrogen-bond acceptors (Lipinski definition) is 8. The highest BCUT2D eigenvalue weighted by Crippen LogP contribution is 2.39.